The van der Waals surface area contributed by atoms with Gasteiger partial charge < -0.3 is 10.2 Å². The summed E-state index contributed by atoms with van der Waals surface area (Å²) in [7, 11) is 0. The second-order valence-electron chi connectivity index (χ2n) is 7.79. The molecule has 152 valence electrons. The lowest BCUT2D eigenvalue weighted by Crippen LogP contribution is -2.35. The number of benzene rings is 4. The summed E-state index contributed by atoms with van der Waals surface area (Å²) in [6.07, 6.45) is 1.85. The minimum atomic E-state index is -0.164. The summed E-state index contributed by atoms with van der Waals surface area (Å²) in [5.74, 6) is -0.179. The van der Waals surface area contributed by atoms with Gasteiger partial charge >= 0.3 is 0 Å². The highest BCUT2D eigenvalue weighted by Crippen LogP contribution is 2.31. The molecule has 2 amide bonds. The molecule has 4 aromatic rings. The van der Waals surface area contributed by atoms with E-state index in [2.05, 4.69) is 5.32 Å². The fraction of sp³-hybridized carbons (Fsp3) is 0.111. The number of nitrogens with one attached hydrogen (secondary N) is 1. The summed E-state index contributed by atoms with van der Waals surface area (Å²) in [5.41, 5.74) is 3.95. The van der Waals surface area contributed by atoms with E-state index in [-0.39, 0.29) is 11.8 Å². The molecule has 0 bridgehead atoms. The van der Waals surface area contributed by atoms with Crippen molar-refractivity contribution >= 4 is 34.0 Å². The third-order valence-electron chi connectivity index (χ3n) is 5.74. The smallest absolute Gasteiger partial charge is 0.258 e. The van der Waals surface area contributed by atoms with Crippen molar-refractivity contribution in [3.63, 3.8) is 0 Å². The summed E-state index contributed by atoms with van der Waals surface area (Å²) in [6.45, 7) is 0.669. The van der Waals surface area contributed by atoms with E-state index < -0.39 is 0 Å². The minimum absolute atomic E-state index is 0.0143. The molecule has 0 spiro atoms. The predicted octanol–water partition coefficient (Wildman–Crippen LogP) is 5.69. The highest BCUT2D eigenvalue weighted by molar-refractivity contribution is 6.09. The van der Waals surface area contributed by atoms with Gasteiger partial charge in [0.15, 0.2) is 0 Å². The molecule has 4 aromatic carbocycles. The summed E-state index contributed by atoms with van der Waals surface area (Å²) in [6, 6.07) is 28.8. The number of carbonyl (C=O) groups excluding carboxylic acids is 2. The molecule has 1 heterocycles. The first-order chi connectivity index (χ1) is 15.2. The Labute approximate surface area is 181 Å². The van der Waals surface area contributed by atoms with Crippen LogP contribution in [0.5, 0.6) is 0 Å². The zero-order valence-electron chi connectivity index (χ0n) is 17.0. The molecule has 1 aliphatic heterocycles. The average Bonchev–Trinajstić information content (AvgIpc) is 2.83. The Bertz CT molecular complexity index is 1280. The fourth-order valence-corrected chi connectivity index (χ4v) is 4.13. The largest absolute Gasteiger partial charge is 0.322 e. The third-order valence-corrected chi connectivity index (χ3v) is 5.74. The van der Waals surface area contributed by atoms with Gasteiger partial charge in [-0.25, -0.2) is 0 Å². The monoisotopic (exact) mass is 406 g/mol. The van der Waals surface area contributed by atoms with Crippen LogP contribution in [0.25, 0.3) is 10.8 Å². The van der Waals surface area contributed by atoms with Crippen LogP contribution in [0.1, 0.15) is 32.7 Å². The van der Waals surface area contributed by atoms with Crippen LogP contribution in [0.2, 0.25) is 0 Å². The number of rotatable bonds is 3. The molecule has 0 aromatic heterocycles. The van der Waals surface area contributed by atoms with Gasteiger partial charge in [-0.2, -0.15) is 0 Å². The zero-order chi connectivity index (χ0) is 21.2. The maximum absolute atomic E-state index is 13.1. The molecule has 0 radical (unpaired) electrons. The van der Waals surface area contributed by atoms with E-state index in [0.29, 0.717) is 23.4 Å². The first-order valence-electron chi connectivity index (χ1n) is 10.5. The van der Waals surface area contributed by atoms with E-state index in [4.69, 9.17) is 0 Å². The molecule has 4 nitrogen and oxygen atoms in total. The summed E-state index contributed by atoms with van der Waals surface area (Å²) in [5, 5.41) is 5.12. The molecule has 0 saturated carbocycles. The van der Waals surface area contributed by atoms with Crippen molar-refractivity contribution in [3.8, 4) is 0 Å². The molecule has 4 heteroatoms. The van der Waals surface area contributed by atoms with Crippen LogP contribution in [-0.2, 0) is 6.42 Å². The van der Waals surface area contributed by atoms with Crippen LogP contribution in [-0.4, -0.2) is 18.4 Å². The van der Waals surface area contributed by atoms with E-state index in [0.717, 1.165) is 34.9 Å². The molecule has 0 fully saturated rings. The van der Waals surface area contributed by atoms with Crippen molar-refractivity contribution in [2.75, 3.05) is 16.8 Å². The predicted molar refractivity (Wildman–Crippen MR) is 125 cm³/mol. The van der Waals surface area contributed by atoms with Gasteiger partial charge in [-0.05, 0) is 65.6 Å². The Balaban J connectivity index is 1.42. The molecule has 0 aliphatic carbocycles. The second kappa shape index (κ2) is 8.07. The SMILES string of the molecule is O=C(Nc1ccc2c(c1)N(C(=O)c1ccccc1)CCC2)c1ccc2ccccc2c1. The van der Waals surface area contributed by atoms with Gasteiger partial charge in [0.1, 0.15) is 0 Å². The number of amides is 2. The van der Waals surface area contributed by atoms with Gasteiger partial charge in [0, 0.05) is 29.0 Å². The molecular weight excluding hydrogens is 384 g/mol. The van der Waals surface area contributed by atoms with E-state index in [1.807, 2.05) is 95.9 Å². The quantitative estimate of drug-likeness (QED) is 0.475. The Hall–Kier alpha value is -3.92. The molecule has 0 saturated heterocycles. The van der Waals surface area contributed by atoms with Gasteiger partial charge in [-0.15, -0.1) is 0 Å². The van der Waals surface area contributed by atoms with Gasteiger partial charge in [0.2, 0.25) is 0 Å². The van der Waals surface area contributed by atoms with Crippen LogP contribution in [0, 0.1) is 0 Å². The highest BCUT2D eigenvalue weighted by Gasteiger charge is 2.24. The van der Waals surface area contributed by atoms with Crippen molar-refractivity contribution in [1.29, 1.82) is 0 Å². The van der Waals surface area contributed by atoms with Gasteiger partial charge in [-0.3, -0.25) is 9.59 Å². The molecule has 1 aliphatic rings. The number of nitrogens with zero attached hydrogens (tertiary/aromatic N) is 1. The molecule has 1 N–H and O–H groups in total. The van der Waals surface area contributed by atoms with E-state index >= 15 is 0 Å². The summed E-state index contributed by atoms with van der Waals surface area (Å²) < 4.78 is 0. The van der Waals surface area contributed by atoms with Crippen LogP contribution < -0.4 is 10.2 Å². The summed E-state index contributed by atoms with van der Waals surface area (Å²) >= 11 is 0. The van der Waals surface area contributed by atoms with Crippen molar-refractivity contribution in [2.24, 2.45) is 0 Å². The summed E-state index contributed by atoms with van der Waals surface area (Å²) in [4.78, 5) is 27.8. The van der Waals surface area contributed by atoms with Gasteiger partial charge in [0.05, 0.1) is 0 Å². The van der Waals surface area contributed by atoms with Crippen molar-refractivity contribution < 1.29 is 9.59 Å². The first kappa shape index (κ1) is 19.1. The standard InChI is InChI=1S/C27H22N2O2/c30-26(23-13-12-19-7-4-5-10-22(19)17-23)28-24-15-14-20-11-6-16-29(25(20)18-24)27(31)21-8-2-1-3-9-21/h1-5,7-10,12-15,17-18H,6,11,16H2,(H,28,30). The van der Waals surface area contributed by atoms with Crippen molar-refractivity contribution in [1.82, 2.24) is 0 Å². The van der Waals surface area contributed by atoms with Crippen molar-refractivity contribution in [3.05, 3.63) is 108 Å². The topological polar surface area (TPSA) is 49.4 Å². The van der Waals surface area contributed by atoms with Gasteiger partial charge in [-0.1, -0.05) is 54.6 Å². The number of anilines is 2. The third kappa shape index (κ3) is 3.80. The molecule has 5 rings (SSSR count). The molecule has 31 heavy (non-hydrogen) atoms. The minimum Gasteiger partial charge on any atom is -0.322 e. The maximum Gasteiger partial charge on any atom is 0.258 e. The van der Waals surface area contributed by atoms with Crippen LogP contribution in [0.4, 0.5) is 11.4 Å². The fourth-order valence-electron chi connectivity index (χ4n) is 4.13. The van der Waals surface area contributed by atoms with Crippen LogP contribution in [0.15, 0.2) is 91.0 Å². The number of hydrogen-bond donors (Lipinski definition) is 1. The van der Waals surface area contributed by atoms with Crippen LogP contribution >= 0.6 is 0 Å². The molecule has 0 atom stereocenters. The second-order valence-corrected chi connectivity index (χ2v) is 7.79. The van der Waals surface area contributed by atoms with Gasteiger partial charge in [0.25, 0.3) is 11.8 Å². The normalized spacial score (nSPS) is 13.0. The van der Waals surface area contributed by atoms with E-state index in [9.17, 15) is 9.59 Å². The Morgan fingerprint density at radius 3 is 2.35 bits per heavy atom. The lowest BCUT2D eigenvalue weighted by Gasteiger charge is -2.30. The first-order valence-corrected chi connectivity index (χ1v) is 10.5. The lowest BCUT2D eigenvalue weighted by atomic mass is 10.00. The Morgan fingerprint density at radius 1 is 0.742 bits per heavy atom. The number of fused-ring (bicyclic) bond motifs is 2. The van der Waals surface area contributed by atoms with E-state index in [1.54, 1.807) is 0 Å². The molecular formula is C27H22N2O2. The lowest BCUT2D eigenvalue weighted by molar-refractivity contribution is 0.0984. The number of carbonyl (C=O) groups is 2. The van der Waals surface area contributed by atoms with Crippen molar-refractivity contribution in [2.45, 2.75) is 12.8 Å². The Morgan fingerprint density at radius 2 is 1.52 bits per heavy atom. The molecule has 0 unspecified atom stereocenters. The van der Waals surface area contributed by atoms with E-state index in [1.165, 1.54) is 0 Å². The highest BCUT2D eigenvalue weighted by atomic mass is 16.2. The average molecular weight is 406 g/mol. The maximum atomic E-state index is 13.1. The number of hydrogen-bond acceptors (Lipinski definition) is 2. The zero-order valence-corrected chi connectivity index (χ0v) is 17.0. The van der Waals surface area contributed by atoms with Crippen LogP contribution in [0.3, 0.4) is 0 Å². The number of aryl methyl sites for hydroxylation is 1. The Kier molecular flexibility index (Phi) is 4.97.